The first kappa shape index (κ1) is 24.6. The van der Waals surface area contributed by atoms with Crippen molar-refractivity contribution in [1.29, 1.82) is 0 Å². The van der Waals surface area contributed by atoms with Gasteiger partial charge in [0, 0.05) is 25.4 Å². The van der Waals surface area contributed by atoms with Gasteiger partial charge in [-0.05, 0) is 55.8 Å². The van der Waals surface area contributed by atoms with Gasteiger partial charge < -0.3 is 25.2 Å². The number of rotatable bonds is 4. The summed E-state index contributed by atoms with van der Waals surface area (Å²) in [6.07, 6.45) is 0. The maximum atomic E-state index is 12.9. The van der Waals surface area contributed by atoms with E-state index in [4.69, 9.17) is 0 Å². The monoisotopic (exact) mass is 625 g/mol. The molecule has 3 heterocycles. The summed E-state index contributed by atoms with van der Waals surface area (Å²) in [5.41, 5.74) is 2.41. The van der Waals surface area contributed by atoms with E-state index in [1.165, 1.54) is 0 Å². The number of amides is 2. The van der Waals surface area contributed by atoms with Crippen LogP contribution in [0.3, 0.4) is 0 Å². The van der Waals surface area contributed by atoms with Crippen LogP contribution in [0.1, 0.15) is 32.1 Å². The highest BCUT2D eigenvalue weighted by molar-refractivity contribution is 9.10. The molecule has 11 nitrogen and oxygen atoms in total. The standard InChI is InChI=1S/C24H17Br2N7O4/c1-9-17(21(34)32-30-19-13-7-11(25)3-5-15(13)28-22(19)35)10(2)27-18(9)24(37)33-31-20-14-8-12(26)4-6-16(14)29-23(20)36/h3-8,27-29,35-36H,1-2H3. The fraction of sp³-hybridized carbons (Fsp3) is 0.0833. The molecule has 13 heteroatoms. The summed E-state index contributed by atoms with van der Waals surface area (Å²) in [7, 11) is 0. The van der Waals surface area contributed by atoms with Crippen LogP contribution in [0.5, 0.6) is 11.8 Å². The van der Waals surface area contributed by atoms with Crippen LogP contribution < -0.4 is 0 Å². The summed E-state index contributed by atoms with van der Waals surface area (Å²) < 4.78 is 1.54. The molecule has 0 saturated heterocycles. The second kappa shape index (κ2) is 9.41. The quantitative estimate of drug-likeness (QED) is 0.131. The molecule has 186 valence electrons. The zero-order valence-electron chi connectivity index (χ0n) is 19.2. The fourth-order valence-corrected chi connectivity index (χ4v) is 4.77. The lowest BCUT2D eigenvalue weighted by Crippen LogP contribution is -2.00. The fourth-order valence-electron chi connectivity index (χ4n) is 4.05. The number of carbonyl (C=O) groups is 2. The number of azo groups is 2. The van der Waals surface area contributed by atoms with E-state index < -0.39 is 11.8 Å². The zero-order valence-corrected chi connectivity index (χ0v) is 22.4. The average Bonchev–Trinajstić information content (AvgIpc) is 3.44. The van der Waals surface area contributed by atoms with E-state index in [0.717, 1.165) is 8.95 Å². The third-order valence-electron chi connectivity index (χ3n) is 5.78. The van der Waals surface area contributed by atoms with E-state index in [-0.39, 0.29) is 34.4 Å². The van der Waals surface area contributed by atoms with E-state index in [1.807, 2.05) is 0 Å². The van der Waals surface area contributed by atoms with Gasteiger partial charge in [-0.1, -0.05) is 31.9 Å². The lowest BCUT2D eigenvalue weighted by molar-refractivity contribution is 0.0988. The van der Waals surface area contributed by atoms with Crippen LogP contribution in [-0.4, -0.2) is 37.0 Å². The first-order valence-electron chi connectivity index (χ1n) is 10.8. The number of fused-ring (bicyclic) bond motifs is 2. The normalized spacial score (nSPS) is 12.0. The van der Waals surface area contributed by atoms with Crippen molar-refractivity contribution in [3.05, 3.63) is 67.9 Å². The second-order valence-electron chi connectivity index (χ2n) is 8.16. The summed E-state index contributed by atoms with van der Waals surface area (Å²) in [6, 6.07) is 10.6. The van der Waals surface area contributed by atoms with Crippen molar-refractivity contribution in [2.75, 3.05) is 0 Å². The molecule has 0 bridgehead atoms. The molecule has 0 spiro atoms. The number of nitrogens with zero attached hydrogens (tertiary/aromatic N) is 4. The third-order valence-corrected chi connectivity index (χ3v) is 6.76. The topological polar surface area (TPSA) is 171 Å². The molecule has 0 radical (unpaired) electrons. The largest absolute Gasteiger partial charge is 0.493 e. The van der Waals surface area contributed by atoms with Crippen LogP contribution in [-0.2, 0) is 0 Å². The van der Waals surface area contributed by atoms with Gasteiger partial charge in [-0.2, -0.15) is 0 Å². The molecule has 37 heavy (non-hydrogen) atoms. The highest BCUT2D eigenvalue weighted by atomic mass is 79.9. The molecule has 0 atom stereocenters. The summed E-state index contributed by atoms with van der Waals surface area (Å²) in [5.74, 6) is -1.89. The Morgan fingerprint density at radius 3 is 1.76 bits per heavy atom. The number of aromatic hydroxyl groups is 2. The molecule has 0 saturated carbocycles. The Morgan fingerprint density at radius 2 is 1.24 bits per heavy atom. The van der Waals surface area contributed by atoms with Crippen molar-refractivity contribution in [3.8, 4) is 11.8 Å². The molecule has 0 fully saturated rings. The Hall–Kier alpha value is -4.10. The third kappa shape index (κ3) is 4.47. The maximum Gasteiger partial charge on any atom is 0.312 e. The molecule has 3 aromatic heterocycles. The SMILES string of the molecule is Cc1[nH]c(C(=O)N=Nc2c(O)[nH]c3ccc(Br)cc23)c(C)c1C(=O)N=Nc1c(O)[nH]c2ccc(Br)cc12. The van der Waals surface area contributed by atoms with Crippen molar-refractivity contribution in [1.82, 2.24) is 15.0 Å². The van der Waals surface area contributed by atoms with Crippen LogP contribution in [0.2, 0.25) is 0 Å². The lowest BCUT2D eigenvalue weighted by atomic mass is 10.1. The van der Waals surface area contributed by atoms with Crippen molar-refractivity contribution >= 4 is 76.9 Å². The maximum absolute atomic E-state index is 12.9. The minimum Gasteiger partial charge on any atom is -0.493 e. The number of hydrogen-bond donors (Lipinski definition) is 5. The number of benzene rings is 2. The molecule has 5 rings (SSSR count). The minimum absolute atomic E-state index is 0.0548. The van der Waals surface area contributed by atoms with E-state index in [2.05, 4.69) is 67.3 Å². The number of carbonyl (C=O) groups excluding carboxylic acids is 2. The van der Waals surface area contributed by atoms with Crippen LogP contribution >= 0.6 is 31.9 Å². The first-order valence-corrected chi connectivity index (χ1v) is 12.3. The molecule has 2 amide bonds. The van der Waals surface area contributed by atoms with Gasteiger partial charge in [0.2, 0.25) is 11.8 Å². The van der Waals surface area contributed by atoms with Crippen LogP contribution in [0.15, 0.2) is 65.8 Å². The number of halogens is 2. The Kier molecular flexibility index (Phi) is 6.25. The number of aromatic nitrogens is 3. The van der Waals surface area contributed by atoms with Gasteiger partial charge in [-0.25, -0.2) is 0 Å². The Labute approximate surface area is 225 Å². The number of hydrogen-bond acceptors (Lipinski definition) is 6. The molecule has 0 aliphatic heterocycles. The van der Waals surface area contributed by atoms with E-state index >= 15 is 0 Å². The Balaban J connectivity index is 1.43. The number of nitrogens with one attached hydrogen (secondary N) is 3. The minimum atomic E-state index is -0.737. The summed E-state index contributed by atoms with van der Waals surface area (Å²) in [4.78, 5) is 34.2. The van der Waals surface area contributed by atoms with Gasteiger partial charge in [0.05, 0.1) is 16.6 Å². The van der Waals surface area contributed by atoms with Gasteiger partial charge in [-0.3, -0.25) is 9.59 Å². The van der Waals surface area contributed by atoms with Crippen molar-refractivity contribution < 1.29 is 19.8 Å². The Morgan fingerprint density at radius 1 is 0.757 bits per heavy atom. The number of aryl methyl sites for hydroxylation is 1. The smallest absolute Gasteiger partial charge is 0.312 e. The Bertz CT molecular complexity index is 1800. The molecule has 0 unspecified atom stereocenters. The van der Waals surface area contributed by atoms with Crippen molar-refractivity contribution in [3.63, 3.8) is 0 Å². The van der Waals surface area contributed by atoms with E-state index in [9.17, 15) is 19.8 Å². The molecule has 5 N–H and O–H groups in total. The van der Waals surface area contributed by atoms with Crippen LogP contribution in [0.4, 0.5) is 11.4 Å². The molecule has 2 aromatic carbocycles. The molecular weight excluding hydrogens is 610 g/mol. The van der Waals surface area contributed by atoms with Gasteiger partial charge in [0.15, 0.2) is 11.4 Å². The molecule has 0 aliphatic carbocycles. The highest BCUT2D eigenvalue weighted by Gasteiger charge is 2.23. The van der Waals surface area contributed by atoms with E-state index in [1.54, 1.807) is 50.2 Å². The predicted octanol–water partition coefficient (Wildman–Crippen LogP) is 7.38. The van der Waals surface area contributed by atoms with Crippen LogP contribution in [0.25, 0.3) is 21.8 Å². The summed E-state index contributed by atoms with van der Waals surface area (Å²) >= 11 is 6.73. The van der Waals surface area contributed by atoms with Crippen molar-refractivity contribution in [2.45, 2.75) is 13.8 Å². The number of H-pyrrole nitrogens is 3. The summed E-state index contributed by atoms with van der Waals surface area (Å²) in [5, 5.41) is 37.0. The van der Waals surface area contributed by atoms with Crippen molar-refractivity contribution in [2.24, 2.45) is 20.5 Å². The van der Waals surface area contributed by atoms with Gasteiger partial charge in [0.1, 0.15) is 5.69 Å². The zero-order chi connectivity index (χ0) is 26.4. The molecular formula is C24H17Br2N7O4. The van der Waals surface area contributed by atoms with Gasteiger partial charge in [-0.15, -0.1) is 20.5 Å². The van der Waals surface area contributed by atoms with Gasteiger partial charge in [0.25, 0.3) is 5.91 Å². The average molecular weight is 627 g/mol. The molecule has 5 aromatic rings. The van der Waals surface area contributed by atoms with E-state index in [0.29, 0.717) is 33.1 Å². The first-order chi connectivity index (χ1) is 17.6. The molecule has 0 aliphatic rings. The highest BCUT2D eigenvalue weighted by Crippen LogP contribution is 2.38. The number of aromatic amines is 3. The second-order valence-corrected chi connectivity index (χ2v) is 9.99. The summed E-state index contributed by atoms with van der Waals surface area (Å²) in [6.45, 7) is 3.20. The van der Waals surface area contributed by atoms with Crippen LogP contribution in [0, 0.1) is 13.8 Å². The lowest BCUT2D eigenvalue weighted by Gasteiger charge is -1.97. The van der Waals surface area contributed by atoms with Gasteiger partial charge >= 0.3 is 5.91 Å². The predicted molar refractivity (Wildman–Crippen MR) is 143 cm³/mol.